The zero-order chi connectivity index (χ0) is 7.68. The zero-order valence-corrected chi connectivity index (χ0v) is 6.64. The van der Waals surface area contributed by atoms with E-state index in [0.717, 1.165) is 12.4 Å². The first kappa shape index (κ1) is 6.70. The summed E-state index contributed by atoms with van der Waals surface area (Å²) < 4.78 is 0. The molecule has 0 unspecified atom stereocenters. The molecule has 0 aromatic rings. The SMILES string of the molecule is C=C1N=C(N2CCCC2)CN1. The number of nitrogens with one attached hydrogen (secondary N) is 1. The number of hydrogen-bond donors (Lipinski definition) is 1. The van der Waals surface area contributed by atoms with Gasteiger partial charge >= 0.3 is 0 Å². The maximum Gasteiger partial charge on any atom is 0.126 e. The molecular weight excluding hydrogens is 138 g/mol. The van der Waals surface area contributed by atoms with Gasteiger partial charge in [-0.05, 0) is 12.8 Å². The van der Waals surface area contributed by atoms with Gasteiger partial charge in [0.05, 0.1) is 6.54 Å². The minimum Gasteiger partial charge on any atom is -0.363 e. The Balaban J connectivity index is 2.04. The monoisotopic (exact) mass is 151 g/mol. The average molecular weight is 151 g/mol. The lowest BCUT2D eigenvalue weighted by atomic mass is 10.4. The fourth-order valence-corrected chi connectivity index (χ4v) is 1.57. The number of aliphatic imine (C=N–C) groups is 1. The van der Waals surface area contributed by atoms with E-state index in [2.05, 4.69) is 21.8 Å². The molecule has 0 spiro atoms. The second-order valence-corrected chi connectivity index (χ2v) is 3.02. The lowest BCUT2D eigenvalue weighted by Crippen LogP contribution is -2.31. The van der Waals surface area contributed by atoms with Gasteiger partial charge in [-0.2, -0.15) is 0 Å². The highest BCUT2D eigenvalue weighted by molar-refractivity contribution is 5.87. The van der Waals surface area contributed by atoms with Gasteiger partial charge in [0.15, 0.2) is 0 Å². The van der Waals surface area contributed by atoms with Crippen LogP contribution in [0, 0.1) is 0 Å². The Morgan fingerprint density at radius 3 is 2.64 bits per heavy atom. The van der Waals surface area contributed by atoms with Crippen molar-refractivity contribution in [3.05, 3.63) is 12.4 Å². The van der Waals surface area contributed by atoms with E-state index in [9.17, 15) is 0 Å². The third-order valence-corrected chi connectivity index (χ3v) is 2.19. The number of hydrogen-bond acceptors (Lipinski definition) is 3. The number of rotatable bonds is 0. The van der Waals surface area contributed by atoms with E-state index < -0.39 is 0 Å². The maximum atomic E-state index is 4.31. The zero-order valence-electron chi connectivity index (χ0n) is 6.64. The van der Waals surface area contributed by atoms with E-state index in [1.165, 1.54) is 31.8 Å². The Hall–Kier alpha value is -0.990. The number of likely N-dealkylation sites (tertiary alicyclic amines) is 1. The quantitative estimate of drug-likeness (QED) is 0.547. The summed E-state index contributed by atoms with van der Waals surface area (Å²) in [4.78, 5) is 6.65. The molecule has 2 heterocycles. The summed E-state index contributed by atoms with van der Waals surface area (Å²) in [6, 6.07) is 0. The van der Waals surface area contributed by atoms with Crippen molar-refractivity contribution in [1.29, 1.82) is 0 Å². The molecule has 0 aromatic heterocycles. The van der Waals surface area contributed by atoms with E-state index in [-0.39, 0.29) is 0 Å². The molecule has 0 radical (unpaired) electrons. The second-order valence-electron chi connectivity index (χ2n) is 3.02. The van der Waals surface area contributed by atoms with Crippen molar-refractivity contribution in [2.45, 2.75) is 12.8 Å². The topological polar surface area (TPSA) is 27.6 Å². The van der Waals surface area contributed by atoms with Crippen molar-refractivity contribution < 1.29 is 0 Å². The first-order valence-electron chi connectivity index (χ1n) is 4.11. The van der Waals surface area contributed by atoms with E-state index in [1.54, 1.807) is 0 Å². The summed E-state index contributed by atoms with van der Waals surface area (Å²) in [6.45, 7) is 6.97. The molecule has 11 heavy (non-hydrogen) atoms. The van der Waals surface area contributed by atoms with Gasteiger partial charge in [-0.15, -0.1) is 0 Å². The van der Waals surface area contributed by atoms with Crippen molar-refractivity contribution in [1.82, 2.24) is 10.2 Å². The van der Waals surface area contributed by atoms with Crippen LogP contribution in [0.4, 0.5) is 0 Å². The van der Waals surface area contributed by atoms with Gasteiger partial charge in [0.2, 0.25) is 0 Å². The summed E-state index contributed by atoms with van der Waals surface area (Å²) in [5.41, 5.74) is 0. The van der Waals surface area contributed by atoms with Gasteiger partial charge in [-0.1, -0.05) is 6.58 Å². The standard InChI is InChI=1S/C8H13N3/c1-7-9-6-8(10-7)11-4-2-3-5-11/h9H,1-6H2. The third-order valence-electron chi connectivity index (χ3n) is 2.19. The summed E-state index contributed by atoms with van der Waals surface area (Å²) in [7, 11) is 0. The molecule has 3 nitrogen and oxygen atoms in total. The van der Waals surface area contributed by atoms with Crippen LogP contribution in [0.2, 0.25) is 0 Å². The highest BCUT2D eigenvalue weighted by Crippen LogP contribution is 2.11. The fraction of sp³-hybridized carbons (Fsp3) is 0.625. The molecule has 2 aliphatic heterocycles. The summed E-state index contributed by atoms with van der Waals surface area (Å²) in [5, 5.41) is 3.11. The number of nitrogens with zero attached hydrogens (tertiary/aromatic N) is 2. The summed E-state index contributed by atoms with van der Waals surface area (Å²) in [6.07, 6.45) is 2.62. The van der Waals surface area contributed by atoms with E-state index in [1.807, 2.05) is 0 Å². The lowest BCUT2D eigenvalue weighted by molar-refractivity contribution is 0.514. The van der Waals surface area contributed by atoms with Crippen LogP contribution >= 0.6 is 0 Å². The predicted octanol–water partition coefficient (Wildman–Crippen LogP) is 0.555. The van der Waals surface area contributed by atoms with Crippen LogP contribution in [0.25, 0.3) is 0 Å². The van der Waals surface area contributed by atoms with E-state index in [0.29, 0.717) is 0 Å². The molecule has 0 saturated carbocycles. The molecule has 1 N–H and O–H groups in total. The summed E-state index contributed by atoms with van der Waals surface area (Å²) >= 11 is 0. The highest BCUT2D eigenvalue weighted by atomic mass is 15.3. The molecule has 1 fully saturated rings. The molecular formula is C8H13N3. The van der Waals surface area contributed by atoms with Crippen LogP contribution < -0.4 is 5.32 Å². The van der Waals surface area contributed by atoms with Crippen molar-refractivity contribution in [3.8, 4) is 0 Å². The molecule has 0 amide bonds. The molecule has 2 aliphatic rings. The van der Waals surface area contributed by atoms with E-state index >= 15 is 0 Å². The minimum atomic E-state index is 0.812. The Kier molecular flexibility index (Phi) is 1.56. The molecule has 0 aromatic carbocycles. The van der Waals surface area contributed by atoms with Crippen molar-refractivity contribution in [2.75, 3.05) is 19.6 Å². The first-order valence-corrected chi connectivity index (χ1v) is 4.11. The Morgan fingerprint density at radius 1 is 1.36 bits per heavy atom. The average Bonchev–Trinajstić information content (AvgIpc) is 2.55. The number of amidine groups is 1. The Bertz CT molecular complexity index is 201. The van der Waals surface area contributed by atoms with Gasteiger partial charge in [0.25, 0.3) is 0 Å². The van der Waals surface area contributed by atoms with Crippen LogP contribution in [0.3, 0.4) is 0 Å². The molecule has 3 heteroatoms. The van der Waals surface area contributed by atoms with Gasteiger partial charge in [0, 0.05) is 13.1 Å². The summed E-state index contributed by atoms with van der Waals surface area (Å²) in [5.74, 6) is 1.99. The predicted molar refractivity (Wildman–Crippen MR) is 45.4 cm³/mol. The fourth-order valence-electron chi connectivity index (χ4n) is 1.57. The van der Waals surface area contributed by atoms with Crippen LogP contribution in [-0.4, -0.2) is 30.4 Å². The van der Waals surface area contributed by atoms with Crippen LogP contribution in [0.15, 0.2) is 17.4 Å². The molecule has 2 rings (SSSR count). The Morgan fingerprint density at radius 2 is 2.09 bits per heavy atom. The van der Waals surface area contributed by atoms with Crippen molar-refractivity contribution in [2.24, 2.45) is 4.99 Å². The molecule has 1 saturated heterocycles. The van der Waals surface area contributed by atoms with Crippen LogP contribution in [0.1, 0.15) is 12.8 Å². The van der Waals surface area contributed by atoms with Gasteiger partial charge in [-0.3, -0.25) is 0 Å². The van der Waals surface area contributed by atoms with E-state index in [4.69, 9.17) is 0 Å². The Labute approximate surface area is 66.8 Å². The lowest BCUT2D eigenvalue weighted by Gasteiger charge is -2.15. The van der Waals surface area contributed by atoms with Gasteiger partial charge in [0.1, 0.15) is 11.7 Å². The van der Waals surface area contributed by atoms with Gasteiger partial charge in [-0.25, -0.2) is 4.99 Å². The second kappa shape index (κ2) is 2.57. The van der Waals surface area contributed by atoms with Crippen molar-refractivity contribution >= 4 is 5.84 Å². The molecule has 0 atom stereocenters. The first-order chi connectivity index (χ1) is 5.36. The third kappa shape index (κ3) is 1.23. The maximum absolute atomic E-state index is 4.31. The van der Waals surface area contributed by atoms with Crippen LogP contribution in [-0.2, 0) is 0 Å². The van der Waals surface area contributed by atoms with Crippen LogP contribution in [0.5, 0.6) is 0 Å². The molecule has 0 bridgehead atoms. The minimum absolute atomic E-state index is 0.812. The van der Waals surface area contributed by atoms with Crippen molar-refractivity contribution in [3.63, 3.8) is 0 Å². The molecule has 60 valence electrons. The molecule has 0 aliphatic carbocycles. The normalized spacial score (nSPS) is 23.8. The largest absolute Gasteiger partial charge is 0.363 e. The van der Waals surface area contributed by atoms with Gasteiger partial charge < -0.3 is 10.2 Å². The highest BCUT2D eigenvalue weighted by Gasteiger charge is 2.18. The smallest absolute Gasteiger partial charge is 0.126 e.